The van der Waals surface area contributed by atoms with Gasteiger partial charge >= 0.3 is 12.1 Å². The van der Waals surface area contributed by atoms with Crippen molar-refractivity contribution in [1.82, 2.24) is 10.2 Å². The van der Waals surface area contributed by atoms with E-state index in [0.717, 1.165) is 0 Å². The normalized spacial score (nSPS) is 22.4. The zero-order valence-electron chi connectivity index (χ0n) is 15.5. The summed E-state index contributed by atoms with van der Waals surface area (Å²) in [6.07, 6.45) is -0.564. The molecule has 1 heterocycles. The van der Waals surface area contributed by atoms with Crippen LogP contribution in [0.5, 0.6) is 0 Å². The number of likely N-dealkylation sites (tertiary alicyclic amines) is 1. The third kappa shape index (κ3) is 5.11. The summed E-state index contributed by atoms with van der Waals surface area (Å²) in [6.45, 7) is 11.9. The van der Waals surface area contributed by atoms with E-state index >= 15 is 0 Å². The quantitative estimate of drug-likeness (QED) is 0.746. The molecule has 1 rings (SSSR count). The molecular formula is C17H30N2O5. The molecular weight excluding hydrogens is 312 g/mol. The van der Waals surface area contributed by atoms with Crippen molar-refractivity contribution in [2.45, 2.75) is 60.0 Å². The van der Waals surface area contributed by atoms with Crippen molar-refractivity contribution >= 4 is 18.0 Å². The monoisotopic (exact) mass is 342 g/mol. The molecule has 2 amide bonds. The number of rotatable bonds is 5. The summed E-state index contributed by atoms with van der Waals surface area (Å²) in [5, 5.41) is 11.3. The maximum Gasteiger partial charge on any atom is 0.405 e. The molecule has 7 nitrogen and oxygen atoms in total. The van der Waals surface area contributed by atoms with Gasteiger partial charge in [-0.25, -0.2) is 9.59 Å². The number of hydrogen-bond donors (Lipinski definition) is 2. The maximum absolute atomic E-state index is 12.9. The summed E-state index contributed by atoms with van der Waals surface area (Å²) in [7, 11) is 0. The van der Waals surface area contributed by atoms with Gasteiger partial charge in [0.05, 0.1) is 6.61 Å². The van der Waals surface area contributed by atoms with Gasteiger partial charge in [-0.2, -0.15) is 0 Å². The third-order valence-corrected chi connectivity index (χ3v) is 4.16. The van der Waals surface area contributed by atoms with Crippen LogP contribution in [0, 0.1) is 17.3 Å². The average molecular weight is 342 g/mol. The Morgan fingerprint density at radius 3 is 2.33 bits per heavy atom. The summed E-state index contributed by atoms with van der Waals surface area (Å²) in [5.74, 6) is -0.587. The molecule has 0 radical (unpaired) electrons. The van der Waals surface area contributed by atoms with Crippen molar-refractivity contribution in [3.05, 3.63) is 0 Å². The van der Waals surface area contributed by atoms with Crippen LogP contribution in [-0.2, 0) is 14.3 Å². The molecule has 2 N–H and O–H groups in total. The molecule has 0 aliphatic carbocycles. The molecule has 0 saturated carbocycles. The Bertz CT molecular complexity index is 484. The van der Waals surface area contributed by atoms with Crippen molar-refractivity contribution in [2.24, 2.45) is 17.3 Å². The van der Waals surface area contributed by atoms with E-state index in [4.69, 9.17) is 9.84 Å². The highest BCUT2D eigenvalue weighted by Crippen LogP contribution is 2.29. The van der Waals surface area contributed by atoms with E-state index < -0.39 is 29.6 Å². The first-order valence-corrected chi connectivity index (χ1v) is 8.41. The number of nitrogens with zero attached hydrogens (tertiary/aromatic N) is 1. The molecule has 0 bridgehead atoms. The molecule has 1 aliphatic heterocycles. The summed E-state index contributed by atoms with van der Waals surface area (Å²) >= 11 is 0. The van der Waals surface area contributed by atoms with Crippen LogP contribution in [0.1, 0.15) is 48.0 Å². The first-order valence-electron chi connectivity index (χ1n) is 8.41. The standard InChI is InChI=1S/C17H30N2O5/c1-10(2)9-24-15(21)12-11(3)7-8-19(12)14(20)13(17(4,5)6)18-16(22)23/h10-13,18H,7-9H2,1-6H3,(H,22,23)/t11-,12+,13-/m1/s1. The van der Waals surface area contributed by atoms with E-state index in [-0.39, 0.29) is 17.7 Å². The van der Waals surface area contributed by atoms with Gasteiger partial charge in [-0.15, -0.1) is 0 Å². The molecule has 0 aromatic heterocycles. The van der Waals surface area contributed by atoms with Crippen LogP contribution >= 0.6 is 0 Å². The van der Waals surface area contributed by atoms with E-state index in [1.165, 1.54) is 4.90 Å². The van der Waals surface area contributed by atoms with Crippen molar-refractivity contribution < 1.29 is 24.2 Å². The lowest BCUT2D eigenvalue weighted by Gasteiger charge is -2.35. The topological polar surface area (TPSA) is 95.9 Å². The lowest BCUT2D eigenvalue weighted by atomic mass is 9.85. The summed E-state index contributed by atoms with van der Waals surface area (Å²) in [4.78, 5) is 37.9. The molecule has 0 spiro atoms. The van der Waals surface area contributed by atoms with E-state index in [1.54, 1.807) is 20.8 Å². The zero-order chi connectivity index (χ0) is 18.7. The van der Waals surface area contributed by atoms with Gasteiger partial charge in [0.15, 0.2) is 0 Å². The summed E-state index contributed by atoms with van der Waals surface area (Å²) in [5.41, 5.74) is -0.603. The van der Waals surface area contributed by atoms with Crippen LogP contribution < -0.4 is 5.32 Å². The fourth-order valence-electron chi connectivity index (χ4n) is 2.83. The van der Waals surface area contributed by atoms with Gasteiger partial charge < -0.3 is 20.1 Å². The van der Waals surface area contributed by atoms with Gasteiger partial charge in [0.25, 0.3) is 0 Å². The number of carbonyl (C=O) groups is 3. The van der Waals surface area contributed by atoms with Crippen molar-refractivity contribution in [2.75, 3.05) is 13.2 Å². The second kappa shape index (κ2) is 7.85. The van der Waals surface area contributed by atoms with Gasteiger partial charge in [-0.05, 0) is 23.7 Å². The second-order valence-electron chi connectivity index (χ2n) is 8.01. The summed E-state index contributed by atoms with van der Waals surface area (Å²) in [6, 6.07) is -1.57. The molecule has 7 heteroatoms. The lowest BCUT2D eigenvalue weighted by Crippen LogP contribution is -2.57. The highest BCUT2D eigenvalue weighted by Gasteiger charge is 2.45. The van der Waals surface area contributed by atoms with Crippen LogP contribution in [0.25, 0.3) is 0 Å². The van der Waals surface area contributed by atoms with Crippen LogP contribution in [-0.4, -0.2) is 53.2 Å². The number of amides is 2. The minimum absolute atomic E-state index is 0.0148. The van der Waals surface area contributed by atoms with Crippen LogP contribution in [0.3, 0.4) is 0 Å². The van der Waals surface area contributed by atoms with Gasteiger partial charge in [0, 0.05) is 6.54 Å². The molecule has 0 aromatic carbocycles. The van der Waals surface area contributed by atoms with Crippen molar-refractivity contribution in [1.29, 1.82) is 0 Å². The van der Waals surface area contributed by atoms with Crippen molar-refractivity contribution in [3.8, 4) is 0 Å². The Labute approximate surface area is 143 Å². The number of hydrogen-bond acceptors (Lipinski definition) is 4. The largest absolute Gasteiger partial charge is 0.465 e. The fourth-order valence-corrected chi connectivity index (χ4v) is 2.83. The van der Waals surface area contributed by atoms with E-state index in [9.17, 15) is 14.4 Å². The fraction of sp³-hybridized carbons (Fsp3) is 0.824. The smallest absolute Gasteiger partial charge is 0.405 e. The van der Waals surface area contributed by atoms with Gasteiger partial charge in [-0.3, -0.25) is 4.79 Å². The third-order valence-electron chi connectivity index (χ3n) is 4.16. The zero-order valence-corrected chi connectivity index (χ0v) is 15.5. The molecule has 1 saturated heterocycles. The number of carbonyl (C=O) groups excluding carboxylic acids is 2. The number of ether oxygens (including phenoxy) is 1. The molecule has 1 aliphatic rings. The minimum Gasteiger partial charge on any atom is -0.465 e. The first-order chi connectivity index (χ1) is 10.9. The van der Waals surface area contributed by atoms with Gasteiger partial charge in [0.2, 0.25) is 5.91 Å². The highest BCUT2D eigenvalue weighted by molar-refractivity contribution is 5.90. The van der Waals surface area contributed by atoms with Gasteiger partial charge in [0.1, 0.15) is 12.1 Å². The van der Waals surface area contributed by atoms with E-state index in [2.05, 4.69) is 5.32 Å². The minimum atomic E-state index is -1.26. The Hall–Kier alpha value is -1.79. The Morgan fingerprint density at radius 2 is 1.88 bits per heavy atom. The molecule has 24 heavy (non-hydrogen) atoms. The number of carboxylic acid groups (broad SMARTS) is 1. The Morgan fingerprint density at radius 1 is 1.29 bits per heavy atom. The van der Waals surface area contributed by atoms with Crippen molar-refractivity contribution in [3.63, 3.8) is 0 Å². The average Bonchev–Trinajstić information content (AvgIpc) is 2.82. The molecule has 3 atom stereocenters. The van der Waals surface area contributed by atoms with Crippen LogP contribution in [0.15, 0.2) is 0 Å². The summed E-state index contributed by atoms with van der Waals surface area (Å²) < 4.78 is 5.32. The lowest BCUT2D eigenvalue weighted by molar-refractivity contribution is -0.156. The van der Waals surface area contributed by atoms with Crippen LogP contribution in [0.2, 0.25) is 0 Å². The molecule has 1 fully saturated rings. The van der Waals surface area contributed by atoms with Gasteiger partial charge in [-0.1, -0.05) is 41.5 Å². The van der Waals surface area contributed by atoms with E-state index in [0.29, 0.717) is 19.6 Å². The number of nitrogens with one attached hydrogen (secondary N) is 1. The maximum atomic E-state index is 12.9. The Kier molecular flexibility index (Phi) is 6.63. The predicted octanol–water partition coefficient (Wildman–Crippen LogP) is 2.10. The highest BCUT2D eigenvalue weighted by atomic mass is 16.5. The first kappa shape index (κ1) is 20.3. The molecule has 138 valence electrons. The van der Waals surface area contributed by atoms with E-state index in [1.807, 2.05) is 20.8 Å². The SMILES string of the molecule is CC(C)COC(=O)[C@@H]1[C@H](C)CCN1C(=O)[C@@H](NC(=O)O)C(C)(C)C. The predicted molar refractivity (Wildman–Crippen MR) is 89.5 cm³/mol. The molecule has 0 unspecified atom stereocenters. The number of esters is 1. The second-order valence-corrected chi connectivity index (χ2v) is 8.01. The molecule has 0 aromatic rings. The Balaban J connectivity index is 2.96. The van der Waals surface area contributed by atoms with Crippen LogP contribution in [0.4, 0.5) is 4.79 Å².